The van der Waals surface area contributed by atoms with Crippen LogP contribution in [0.3, 0.4) is 0 Å². The molecule has 2 aromatic heterocycles. The fourth-order valence-corrected chi connectivity index (χ4v) is 2.13. The first-order valence-electron chi connectivity index (χ1n) is 5.45. The maximum Gasteiger partial charge on any atom is 0.417 e. The third-order valence-corrected chi connectivity index (χ3v) is 2.95. The number of nitrogens with two attached hydrogens (primary N) is 1. The summed E-state index contributed by atoms with van der Waals surface area (Å²) in [5.41, 5.74) is 6.44. The first kappa shape index (κ1) is 11.6. The van der Waals surface area contributed by atoms with E-state index in [4.69, 9.17) is 5.73 Å². The molecular weight excluding hydrogens is 257 g/mol. The van der Waals surface area contributed by atoms with Gasteiger partial charge in [0.05, 0.1) is 23.1 Å². The summed E-state index contributed by atoms with van der Waals surface area (Å²) in [7, 11) is 0. The number of halogens is 3. The third kappa shape index (κ3) is 1.74. The zero-order chi connectivity index (χ0) is 13.6. The predicted molar refractivity (Wildman–Crippen MR) is 65.3 cm³/mol. The lowest BCUT2D eigenvalue weighted by Crippen LogP contribution is -2.05. The number of hydrogen-bond acceptors (Lipinski definition) is 2. The van der Waals surface area contributed by atoms with E-state index in [1.54, 1.807) is 6.07 Å². The molecule has 98 valence electrons. The van der Waals surface area contributed by atoms with E-state index >= 15 is 0 Å². The number of nitrogens with one attached hydrogen (secondary N) is 2. The van der Waals surface area contributed by atoms with Crippen LogP contribution >= 0.6 is 0 Å². The monoisotopic (exact) mass is 266 g/mol. The molecule has 1 aromatic carbocycles. The van der Waals surface area contributed by atoms with Gasteiger partial charge in [0, 0.05) is 22.7 Å². The van der Waals surface area contributed by atoms with Crippen molar-refractivity contribution in [2.45, 2.75) is 6.18 Å². The Kier molecular flexibility index (Phi) is 2.31. The Labute approximate surface area is 105 Å². The molecule has 4 N–H and O–H groups in total. The van der Waals surface area contributed by atoms with Crippen LogP contribution in [0.4, 0.5) is 18.9 Å². The fraction of sp³-hybridized carbons (Fsp3) is 0.0833. The molecule has 0 fully saturated rings. The average Bonchev–Trinajstić information content (AvgIpc) is 2.92. The number of rotatable bonds is 1. The smallest absolute Gasteiger partial charge is 0.396 e. The number of fused-ring (bicyclic) bond motifs is 1. The van der Waals surface area contributed by atoms with E-state index in [1.807, 2.05) is 0 Å². The molecule has 19 heavy (non-hydrogen) atoms. The highest BCUT2D eigenvalue weighted by molar-refractivity contribution is 5.99. The minimum atomic E-state index is -4.43. The van der Waals surface area contributed by atoms with Crippen molar-refractivity contribution in [3.63, 3.8) is 0 Å². The zero-order valence-electron chi connectivity index (χ0n) is 9.55. The first-order chi connectivity index (χ1) is 8.98. The van der Waals surface area contributed by atoms with Gasteiger partial charge in [-0.2, -0.15) is 18.3 Å². The summed E-state index contributed by atoms with van der Waals surface area (Å²) in [4.78, 5) is 2.81. The van der Waals surface area contributed by atoms with Crippen molar-refractivity contribution in [3.8, 4) is 11.3 Å². The number of aromatic nitrogens is 3. The van der Waals surface area contributed by atoms with Gasteiger partial charge in [0.25, 0.3) is 0 Å². The molecule has 3 rings (SSSR count). The van der Waals surface area contributed by atoms with Gasteiger partial charge in [0.1, 0.15) is 0 Å². The number of H-pyrrole nitrogens is 2. The van der Waals surface area contributed by atoms with E-state index in [9.17, 15) is 13.2 Å². The van der Waals surface area contributed by atoms with Crippen molar-refractivity contribution >= 4 is 16.6 Å². The molecule has 0 radical (unpaired) electrons. The second-order valence-corrected chi connectivity index (χ2v) is 4.13. The topological polar surface area (TPSA) is 70.5 Å². The Morgan fingerprint density at radius 3 is 2.63 bits per heavy atom. The van der Waals surface area contributed by atoms with Gasteiger partial charge in [-0.15, -0.1) is 0 Å². The van der Waals surface area contributed by atoms with Crippen LogP contribution in [0.1, 0.15) is 5.56 Å². The van der Waals surface area contributed by atoms with E-state index in [0.29, 0.717) is 22.5 Å². The summed E-state index contributed by atoms with van der Waals surface area (Å²) in [6.07, 6.45) is -1.57. The highest BCUT2D eigenvalue weighted by atomic mass is 19.4. The van der Waals surface area contributed by atoms with Crippen LogP contribution in [-0.2, 0) is 6.18 Å². The van der Waals surface area contributed by atoms with Crippen LogP contribution in [0.25, 0.3) is 22.2 Å². The number of hydrogen-bond donors (Lipinski definition) is 3. The Morgan fingerprint density at radius 1 is 1.21 bits per heavy atom. The normalized spacial score (nSPS) is 12.2. The molecular formula is C12H9F3N4. The van der Waals surface area contributed by atoms with E-state index in [2.05, 4.69) is 15.2 Å². The summed E-state index contributed by atoms with van der Waals surface area (Å²) in [5.74, 6) is 0. The van der Waals surface area contributed by atoms with Gasteiger partial charge in [0.2, 0.25) is 0 Å². The van der Waals surface area contributed by atoms with Crippen LogP contribution in [-0.4, -0.2) is 15.2 Å². The van der Waals surface area contributed by atoms with Crippen molar-refractivity contribution in [3.05, 3.63) is 36.2 Å². The SMILES string of the molecule is Nc1cn[nH]c1-c1c[nH]c2cccc(C(F)(F)F)c12. The zero-order valence-corrected chi connectivity index (χ0v) is 9.55. The minimum absolute atomic E-state index is 0.0888. The Morgan fingerprint density at radius 2 is 2.00 bits per heavy atom. The molecule has 0 aliphatic rings. The van der Waals surface area contributed by atoms with Crippen LogP contribution in [0.2, 0.25) is 0 Å². The maximum atomic E-state index is 13.0. The van der Waals surface area contributed by atoms with E-state index in [-0.39, 0.29) is 5.39 Å². The highest BCUT2D eigenvalue weighted by Gasteiger charge is 2.34. The summed E-state index contributed by atoms with van der Waals surface area (Å²) >= 11 is 0. The van der Waals surface area contributed by atoms with Gasteiger partial charge in [-0.3, -0.25) is 5.10 Å². The minimum Gasteiger partial charge on any atom is -0.396 e. The molecule has 0 spiro atoms. The predicted octanol–water partition coefficient (Wildman–Crippen LogP) is 3.16. The lowest BCUT2D eigenvalue weighted by molar-refractivity contribution is -0.136. The summed E-state index contributed by atoms with van der Waals surface area (Å²) < 4.78 is 39.1. The lowest BCUT2D eigenvalue weighted by atomic mass is 10.0. The molecule has 0 atom stereocenters. The molecule has 0 aliphatic carbocycles. The van der Waals surface area contributed by atoms with E-state index in [1.165, 1.54) is 18.5 Å². The van der Waals surface area contributed by atoms with Crippen LogP contribution < -0.4 is 5.73 Å². The van der Waals surface area contributed by atoms with Crippen molar-refractivity contribution < 1.29 is 13.2 Å². The second-order valence-electron chi connectivity index (χ2n) is 4.13. The van der Waals surface area contributed by atoms with Gasteiger partial charge >= 0.3 is 6.18 Å². The average molecular weight is 266 g/mol. The summed E-state index contributed by atoms with van der Waals surface area (Å²) in [5, 5.41) is 6.44. The van der Waals surface area contributed by atoms with Crippen molar-refractivity contribution in [1.29, 1.82) is 0 Å². The molecule has 4 nitrogen and oxygen atoms in total. The van der Waals surface area contributed by atoms with E-state index in [0.717, 1.165) is 6.07 Å². The Hall–Kier alpha value is -2.44. The van der Waals surface area contributed by atoms with E-state index < -0.39 is 11.7 Å². The molecule has 0 saturated carbocycles. The van der Waals surface area contributed by atoms with Crippen molar-refractivity contribution in [2.75, 3.05) is 5.73 Å². The number of nitrogens with zero attached hydrogens (tertiary/aromatic N) is 1. The number of benzene rings is 1. The van der Waals surface area contributed by atoms with Crippen molar-refractivity contribution in [1.82, 2.24) is 15.2 Å². The van der Waals surface area contributed by atoms with Crippen LogP contribution in [0, 0.1) is 0 Å². The third-order valence-electron chi connectivity index (χ3n) is 2.95. The number of nitrogen functional groups attached to an aromatic ring is 1. The Bertz CT molecular complexity index is 739. The van der Waals surface area contributed by atoms with Gasteiger partial charge < -0.3 is 10.7 Å². The maximum absolute atomic E-state index is 13.0. The number of aromatic amines is 2. The van der Waals surface area contributed by atoms with Crippen molar-refractivity contribution in [2.24, 2.45) is 0 Å². The Balaban J connectivity index is 2.36. The molecule has 0 aliphatic heterocycles. The summed E-state index contributed by atoms with van der Waals surface area (Å²) in [6, 6.07) is 3.99. The molecule has 0 saturated heterocycles. The number of alkyl halides is 3. The lowest BCUT2D eigenvalue weighted by Gasteiger charge is -2.09. The second kappa shape index (κ2) is 3.78. The number of anilines is 1. The standard InChI is InChI=1S/C12H9F3N4/c13-12(14,15)7-2-1-3-9-10(7)6(4-17-9)11-8(16)5-18-19-11/h1-5,17H,16H2,(H,18,19). The summed E-state index contributed by atoms with van der Waals surface area (Å²) in [6.45, 7) is 0. The highest BCUT2D eigenvalue weighted by Crippen LogP contribution is 2.40. The molecule has 3 aromatic rings. The fourth-order valence-electron chi connectivity index (χ4n) is 2.13. The largest absolute Gasteiger partial charge is 0.417 e. The quantitative estimate of drug-likeness (QED) is 0.633. The van der Waals surface area contributed by atoms with Gasteiger partial charge in [0.15, 0.2) is 0 Å². The van der Waals surface area contributed by atoms with Gasteiger partial charge in [-0.05, 0) is 12.1 Å². The van der Waals surface area contributed by atoms with Gasteiger partial charge in [-0.25, -0.2) is 0 Å². The first-order valence-corrected chi connectivity index (χ1v) is 5.45. The molecule has 2 heterocycles. The molecule has 7 heteroatoms. The molecule has 0 bridgehead atoms. The van der Waals surface area contributed by atoms with Crippen LogP contribution in [0.15, 0.2) is 30.6 Å². The van der Waals surface area contributed by atoms with Gasteiger partial charge in [-0.1, -0.05) is 6.07 Å². The van der Waals surface area contributed by atoms with Crippen LogP contribution in [0.5, 0.6) is 0 Å². The molecule has 0 amide bonds. The molecule has 0 unspecified atom stereocenters.